The molecular weight excluding hydrogens is 283 g/mol. The van der Waals surface area contributed by atoms with Crippen molar-refractivity contribution in [1.29, 1.82) is 0 Å². The minimum Gasteiger partial charge on any atom is -0.350 e. The van der Waals surface area contributed by atoms with Crippen LogP contribution in [0, 0.1) is 5.82 Å². The molecule has 0 spiro atoms. The Morgan fingerprint density at radius 3 is 2.36 bits per heavy atom. The van der Waals surface area contributed by atoms with E-state index in [0.717, 1.165) is 5.56 Å². The van der Waals surface area contributed by atoms with Gasteiger partial charge >= 0.3 is 0 Å². The van der Waals surface area contributed by atoms with E-state index in [1.807, 2.05) is 19.1 Å². The van der Waals surface area contributed by atoms with E-state index in [9.17, 15) is 14.0 Å². The molecule has 1 atom stereocenters. The highest BCUT2D eigenvalue weighted by molar-refractivity contribution is 5.97. The Morgan fingerprint density at radius 1 is 1.09 bits per heavy atom. The van der Waals surface area contributed by atoms with Gasteiger partial charge < -0.3 is 5.32 Å². The molecule has 1 aromatic heterocycles. The van der Waals surface area contributed by atoms with E-state index in [1.165, 1.54) is 24.3 Å². The van der Waals surface area contributed by atoms with Crippen LogP contribution in [0.4, 0.5) is 4.39 Å². The maximum absolute atomic E-state index is 12.8. The first-order chi connectivity index (χ1) is 10.6. The summed E-state index contributed by atoms with van der Waals surface area (Å²) in [5.74, 6) is -0.757. The van der Waals surface area contributed by atoms with Gasteiger partial charge in [-0.15, -0.1) is 0 Å². The molecule has 0 saturated carbocycles. The number of hydrogen-bond acceptors (Lipinski definition) is 3. The van der Waals surface area contributed by atoms with Crippen LogP contribution >= 0.6 is 0 Å². The number of Topliss-reactive ketones (excluding diaryl/α,β-unsaturated/α-hetero) is 1. The van der Waals surface area contributed by atoms with E-state index >= 15 is 0 Å². The Morgan fingerprint density at radius 2 is 1.73 bits per heavy atom. The molecule has 1 N–H and O–H groups in total. The molecule has 1 aromatic carbocycles. The second kappa shape index (κ2) is 7.45. The fourth-order valence-corrected chi connectivity index (χ4v) is 2.06. The highest BCUT2D eigenvalue weighted by Gasteiger charge is 2.12. The number of hydrogen-bond donors (Lipinski definition) is 1. The lowest BCUT2D eigenvalue weighted by molar-refractivity contribution is -0.121. The number of ketones is 1. The van der Waals surface area contributed by atoms with Gasteiger partial charge in [0.25, 0.3) is 0 Å². The molecule has 4 nitrogen and oxygen atoms in total. The standard InChI is InChI=1S/C17H17FN2O2/c1-12(13-8-10-19-11-9-13)20-17(22)7-6-16(21)14-2-4-15(18)5-3-14/h2-5,8-12H,6-7H2,1H3,(H,20,22). The quantitative estimate of drug-likeness (QED) is 0.834. The molecule has 0 aliphatic carbocycles. The third kappa shape index (κ3) is 4.48. The van der Waals surface area contributed by atoms with Crippen LogP contribution in [0.15, 0.2) is 48.8 Å². The number of amides is 1. The first-order valence-electron chi connectivity index (χ1n) is 7.04. The van der Waals surface area contributed by atoms with Crippen LogP contribution in [0.2, 0.25) is 0 Å². The minimum absolute atomic E-state index is 0.0977. The van der Waals surface area contributed by atoms with Gasteiger partial charge in [0.15, 0.2) is 5.78 Å². The van der Waals surface area contributed by atoms with Crippen LogP contribution < -0.4 is 5.32 Å². The number of carbonyl (C=O) groups is 2. The first-order valence-corrected chi connectivity index (χ1v) is 7.04. The Bertz CT molecular complexity index is 641. The summed E-state index contributed by atoms with van der Waals surface area (Å²) in [6, 6.07) is 8.84. The predicted molar refractivity (Wildman–Crippen MR) is 80.8 cm³/mol. The molecule has 22 heavy (non-hydrogen) atoms. The van der Waals surface area contributed by atoms with Crippen LogP contribution in [-0.2, 0) is 4.79 Å². The summed E-state index contributed by atoms with van der Waals surface area (Å²) in [6.45, 7) is 1.87. The maximum Gasteiger partial charge on any atom is 0.220 e. The number of carbonyl (C=O) groups excluding carboxylic acids is 2. The molecule has 2 aromatic rings. The van der Waals surface area contributed by atoms with Crippen molar-refractivity contribution in [3.05, 3.63) is 65.7 Å². The highest BCUT2D eigenvalue weighted by atomic mass is 19.1. The number of nitrogens with zero attached hydrogens (tertiary/aromatic N) is 1. The average Bonchev–Trinajstić information content (AvgIpc) is 2.54. The molecular formula is C17H17FN2O2. The number of benzene rings is 1. The smallest absolute Gasteiger partial charge is 0.220 e. The summed E-state index contributed by atoms with van der Waals surface area (Å²) >= 11 is 0. The number of pyridine rings is 1. The van der Waals surface area contributed by atoms with Crippen molar-refractivity contribution in [2.24, 2.45) is 0 Å². The number of halogens is 1. The van der Waals surface area contributed by atoms with Gasteiger partial charge in [-0.05, 0) is 48.9 Å². The largest absolute Gasteiger partial charge is 0.350 e. The Kier molecular flexibility index (Phi) is 5.36. The average molecular weight is 300 g/mol. The lowest BCUT2D eigenvalue weighted by Gasteiger charge is -2.13. The Balaban J connectivity index is 1.82. The van der Waals surface area contributed by atoms with E-state index in [1.54, 1.807) is 12.4 Å². The van der Waals surface area contributed by atoms with Gasteiger partial charge in [-0.3, -0.25) is 14.6 Å². The van der Waals surface area contributed by atoms with Crippen molar-refractivity contribution in [3.63, 3.8) is 0 Å². The third-order valence-electron chi connectivity index (χ3n) is 3.33. The fraction of sp³-hybridized carbons (Fsp3) is 0.235. The number of nitrogens with one attached hydrogen (secondary N) is 1. The molecule has 1 amide bonds. The zero-order valence-corrected chi connectivity index (χ0v) is 12.3. The third-order valence-corrected chi connectivity index (χ3v) is 3.33. The van der Waals surface area contributed by atoms with Crippen molar-refractivity contribution >= 4 is 11.7 Å². The molecule has 0 bridgehead atoms. The van der Waals surface area contributed by atoms with Crippen LogP contribution in [0.3, 0.4) is 0 Å². The summed E-state index contributed by atoms with van der Waals surface area (Å²) in [7, 11) is 0. The lowest BCUT2D eigenvalue weighted by atomic mass is 10.1. The fourth-order valence-electron chi connectivity index (χ4n) is 2.06. The van der Waals surface area contributed by atoms with Crippen molar-refractivity contribution in [2.45, 2.75) is 25.8 Å². The Hall–Kier alpha value is -2.56. The Labute approximate surface area is 128 Å². The summed E-state index contributed by atoms with van der Waals surface area (Å²) in [5.41, 5.74) is 1.37. The molecule has 2 rings (SSSR count). The molecule has 0 saturated heterocycles. The van der Waals surface area contributed by atoms with Gasteiger partial charge in [-0.1, -0.05) is 0 Å². The second-order valence-electron chi connectivity index (χ2n) is 5.00. The summed E-state index contributed by atoms with van der Waals surface area (Å²) in [4.78, 5) is 27.7. The van der Waals surface area contributed by atoms with Gasteiger partial charge in [0.05, 0.1) is 6.04 Å². The number of rotatable bonds is 6. The molecule has 0 radical (unpaired) electrons. The SMILES string of the molecule is CC(NC(=O)CCC(=O)c1ccc(F)cc1)c1ccncc1. The summed E-state index contributed by atoms with van der Waals surface area (Å²) in [6.07, 6.45) is 3.53. The van der Waals surface area contributed by atoms with E-state index in [4.69, 9.17) is 0 Å². The molecule has 0 fully saturated rings. The van der Waals surface area contributed by atoms with Gasteiger partial charge in [0, 0.05) is 30.8 Å². The monoisotopic (exact) mass is 300 g/mol. The molecule has 1 unspecified atom stereocenters. The van der Waals surface area contributed by atoms with Crippen molar-refractivity contribution in [2.75, 3.05) is 0 Å². The van der Waals surface area contributed by atoms with Gasteiger partial charge in [-0.25, -0.2) is 4.39 Å². The van der Waals surface area contributed by atoms with Crippen LogP contribution in [0.5, 0.6) is 0 Å². The van der Waals surface area contributed by atoms with Crippen LogP contribution in [-0.4, -0.2) is 16.7 Å². The molecule has 0 aliphatic heterocycles. The zero-order valence-electron chi connectivity index (χ0n) is 12.3. The molecule has 0 aliphatic rings. The van der Waals surface area contributed by atoms with E-state index in [2.05, 4.69) is 10.3 Å². The molecule has 1 heterocycles. The van der Waals surface area contributed by atoms with Crippen molar-refractivity contribution in [1.82, 2.24) is 10.3 Å². The predicted octanol–water partition coefficient (Wildman–Crippen LogP) is 3.06. The van der Waals surface area contributed by atoms with E-state index in [-0.39, 0.29) is 36.4 Å². The second-order valence-corrected chi connectivity index (χ2v) is 5.00. The van der Waals surface area contributed by atoms with E-state index < -0.39 is 0 Å². The topological polar surface area (TPSA) is 59.1 Å². The van der Waals surface area contributed by atoms with Crippen molar-refractivity contribution in [3.8, 4) is 0 Å². The number of aromatic nitrogens is 1. The van der Waals surface area contributed by atoms with Gasteiger partial charge in [-0.2, -0.15) is 0 Å². The normalized spacial score (nSPS) is 11.7. The van der Waals surface area contributed by atoms with Crippen molar-refractivity contribution < 1.29 is 14.0 Å². The van der Waals surface area contributed by atoms with Crippen LogP contribution in [0.25, 0.3) is 0 Å². The first kappa shape index (κ1) is 15.8. The molecule has 5 heteroatoms. The van der Waals surface area contributed by atoms with Crippen LogP contribution in [0.1, 0.15) is 41.7 Å². The summed E-state index contributed by atoms with van der Waals surface area (Å²) < 4.78 is 12.8. The zero-order chi connectivity index (χ0) is 15.9. The highest BCUT2D eigenvalue weighted by Crippen LogP contribution is 2.11. The lowest BCUT2D eigenvalue weighted by Crippen LogP contribution is -2.26. The minimum atomic E-state index is -0.388. The van der Waals surface area contributed by atoms with Gasteiger partial charge in [0.2, 0.25) is 5.91 Å². The van der Waals surface area contributed by atoms with E-state index in [0.29, 0.717) is 5.56 Å². The maximum atomic E-state index is 12.8. The summed E-state index contributed by atoms with van der Waals surface area (Å²) in [5, 5.41) is 2.83. The van der Waals surface area contributed by atoms with Gasteiger partial charge in [0.1, 0.15) is 5.82 Å². The molecule has 114 valence electrons.